The van der Waals surface area contributed by atoms with Crippen LogP contribution >= 0.6 is 11.6 Å². The molecule has 0 bridgehead atoms. The van der Waals surface area contributed by atoms with Gasteiger partial charge in [-0.05, 0) is 53.9 Å². The van der Waals surface area contributed by atoms with Crippen LogP contribution in [-0.4, -0.2) is 30.2 Å². The van der Waals surface area contributed by atoms with E-state index in [1.54, 1.807) is 7.11 Å². The van der Waals surface area contributed by atoms with E-state index < -0.39 is 5.92 Å². The lowest BCUT2D eigenvalue weighted by Gasteiger charge is -2.49. The van der Waals surface area contributed by atoms with Gasteiger partial charge in [-0.3, -0.25) is 9.59 Å². The SMILES string of the molecule is CCOc1c(Cl)cc(C2C3=C(CC(C)(C)CC3=O)N(Cc3ccccc3)C3=C2C(=O)CC(C)(C)C3)cc1OC. The van der Waals surface area contributed by atoms with Gasteiger partial charge in [-0.1, -0.05) is 69.6 Å². The lowest BCUT2D eigenvalue weighted by atomic mass is 9.63. The minimum absolute atomic E-state index is 0.0949. The summed E-state index contributed by atoms with van der Waals surface area (Å²) in [6, 6.07) is 14.0. The average Bonchev–Trinajstić information content (AvgIpc) is 2.85. The first-order chi connectivity index (χ1) is 18.4. The van der Waals surface area contributed by atoms with Crippen molar-refractivity contribution in [2.45, 2.75) is 72.8 Å². The molecule has 0 unspecified atom stereocenters. The molecule has 5 rings (SSSR count). The van der Waals surface area contributed by atoms with E-state index in [0.29, 0.717) is 42.5 Å². The second kappa shape index (κ2) is 10.2. The third kappa shape index (κ3) is 5.14. The fourth-order valence-electron chi connectivity index (χ4n) is 6.53. The molecule has 0 N–H and O–H groups in total. The normalized spacial score (nSPS) is 20.6. The molecule has 0 saturated carbocycles. The maximum atomic E-state index is 14.0. The molecule has 0 aromatic heterocycles. The second-order valence-electron chi connectivity index (χ2n) is 12.6. The van der Waals surface area contributed by atoms with E-state index in [4.69, 9.17) is 21.1 Å². The first-order valence-electron chi connectivity index (χ1n) is 13.8. The van der Waals surface area contributed by atoms with Crippen molar-refractivity contribution in [2.24, 2.45) is 10.8 Å². The number of halogens is 1. The molecule has 0 fully saturated rings. The minimum Gasteiger partial charge on any atom is -0.493 e. The van der Waals surface area contributed by atoms with E-state index in [1.165, 1.54) is 0 Å². The third-order valence-electron chi connectivity index (χ3n) is 8.08. The van der Waals surface area contributed by atoms with E-state index in [2.05, 4.69) is 44.7 Å². The predicted molar refractivity (Wildman–Crippen MR) is 154 cm³/mol. The second-order valence-corrected chi connectivity index (χ2v) is 13.0. The van der Waals surface area contributed by atoms with Gasteiger partial charge in [0.15, 0.2) is 23.1 Å². The zero-order valence-electron chi connectivity index (χ0n) is 23.8. The summed E-state index contributed by atoms with van der Waals surface area (Å²) in [6.07, 6.45) is 2.38. The molecule has 1 heterocycles. The standard InChI is InChI=1S/C33H38ClNO4/c1-7-39-31-22(34)13-21(14-27(31)38-6)28-29-23(15-32(2,3)17-25(29)36)35(19-20-11-9-8-10-12-20)24-16-33(4,5)18-26(37)30(24)28/h8-14,28H,7,15-19H2,1-6H3. The summed E-state index contributed by atoms with van der Waals surface area (Å²) in [4.78, 5) is 30.4. The first-order valence-corrected chi connectivity index (χ1v) is 14.2. The van der Waals surface area contributed by atoms with Crippen molar-refractivity contribution in [1.29, 1.82) is 0 Å². The number of carbonyl (C=O) groups is 2. The Bertz CT molecular complexity index is 1330. The number of allylic oxidation sites excluding steroid dienone is 4. The molecule has 2 aromatic carbocycles. The number of rotatable bonds is 6. The minimum atomic E-state index is -0.490. The quantitative estimate of drug-likeness (QED) is 0.372. The van der Waals surface area contributed by atoms with Gasteiger partial charge in [0.2, 0.25) is 0 Å². The molecule has 0 saturated heterocycles. The third-order valence-corrected chi connectivity index (χ3v) is 8.36. The summed E-state index contributed by atoms with van der Waals surface area (Å²) >= 11 is 6.74. The van der Waals surface area contributed by atoms with Crippen molar-refractivity contribution >= 4 is 23.2 Å². The van der Waals surface area contributed by atoms with E-state index in [1.807, 2.05) is 37.3 Å². The van der Waals surface area contributed by atoms with Crippen LogP contribution < -0.4 is 9.47 Å². The first kappa shape index (κ1) is 27.5. The molecule has 0 spiro atoms. The predicted octanol–water partition coefficient (Wildman–Crippen LogP) is 7.63. The highest BCUT2D eigenvalue weighted by molar-refractivity contribution is 6.32. The van der Waals surface area contributed by atoms with Gasteiger partial charge in [-0.25, -0.2) is 0 Å². The van der Waals surface area contributed by atoms with Crippen LogP contribution in [0.25, 0.3) is 0 Å². The molecule has 0 atom stereocenters. The maximum Gasteiger partial charge on any atom is 0.179 e. The van der Waals surface area contributed by atoms with E-state index in [9.17, 15) is 9.59 Å². The fourth-order valence-corrected chi connectivity index (χ4v) is 6.80. The highest BCUT2D eigenvalue weighted by atomic mass is 35.5. The highest BCUT2D eigenvalue weighted by Gasteiger charge is 2.49. The van der Waals surface area contributed by atoms with Crippen LogP contribution in [0.2, 0.25) is 5.02 Å². The van der Waals surface area contributed by atoms with Gasteiger partial charge in [0.25, 0.3) is 0 Å². The maximum absolute atomic E-state index is 14.0. The molecule has 3 aliphatic rings. The molecule has 1 aliphatic heterocycles. The monoisotopic (exact) mass is 547 g/mol. The lowest BCUT2D eigenvalue weighted by Crippen LogP contribution is -2.44. The largest absolute Gasteiger partial charge is 0.493 e. The van der Waals surface area contributed by atoms with E-state index in [0.717, 1.165) is 46.5 Å². The number of Topliss-reactive ketones (excluding diaryl/α,β-unsaturated/α-hetero) is 2. The van der Waals surface area contributed by atoms with Crippen molar-refractivity contribution in [2.75, 3.05) is 13.7 Å². The lowest BCUT2D eigenvalue weighted by molar-refractivity contribution is -0.119. The molecule has 39 heavy (non-hydrogen) atoms. The zero-order chi connectivity index (χ0) is 28.1. The number of ether oxygens (including phenoxy) is 2. The summed E-state index contributed by atoms with van der Waals surface area (Å²) in [5.74, 6) is 0.677. The van der Waals surface area contributed by atoms with Gasteiger partial charge in [0.1, 0.15) is 0 Å². The van der Waals surface area contributed by atoms with Gasteiger partial charge in [-0.2, -0.15) is 0 Å². The van der Waals surface area contributed by atoms with Crippen LogP contribution in [0, 0.1) is 10.8 Å². The fraction of sp³-hybridized carbons (Fsp3) is 0.455. The van der Waals surface area contributed by atoms with Crippen LogP contribution in [0.5, 0.6) is 11.5 Å². The van der Waals surface area contributed by atoms with Crippen LogP contribution in [-0.2, 0) is 16.1 Å². The highest BCUT2D eigenvalue weighted by Crippen LogP contribution is 2.55. The van der Waals surface area contributed by atoms with Crippen molar-refractivity contribution < 1.29 is 19.1 Å². The molecule has 0 radical (unpaired) electrons. The van der Waals surface area contributed by atoms with Gasteiger partial charge < -0.3 is 14.4 Å². The summed E-state index contributed by atoms with van der Waals surface area (Å²) in [5, 5.41) is 0.411. The van der Waals surface area contributed by atoms with Gasteiger partial charge in [0, 0.05) is 47.8 Å². The summed E-state index contributed by atoms with van der Waals surface area (Å²) in [7, 11) is 1.58. The summed E-state index contributed by atoms with van der Waals surface area (Å²) in [6.45, 7) is 11.6. The van der Waals surface area contributed by atoms with Crippen molar-refractivity contribution in [1.82, 2.24) is 4.90 Å². The number of ketones is 2. The van der Waals surface area contributed by atoms with Gasteiger partial charge >= 0.3 is 0 Å². The molecule has 2 aliphatic carbocycles. The Kier molecular flexibility index (Phi) is 7.17. The van der Waals surface area contributed by atoms with Crippen molar-refractivity contribution in [3.05, 3.63) is 81.2 Å². The number of hydrogen-bond donors (Lipinski definition) is 0. The molecular formula is C33H38ClNO4. The number of carbonyl (C=O) groups excluding carboxylic acids is 2. The Morgan fingerprint density at radius 1 is 0.897 bits per heavy atom. The number of hydrogen-bond acceptors (Lipinski definition) is 5. The Balaban J connectivity index is 1.78. The molecule has 6 heteroatoms. The topological polar surface area (TPSA) is 55.8 Å². The van der Waals surface area contributed by atoms with Gasteiger partial charge in [-0.15, -0.1) is 0 Å². The molecule has 206 valence electrons. The average molecular weight is 548 g/mol. The Morgan fingerprint density at radius 3 is 1.97 bits per heavy atom. The molecule has 0 amide bonds. The van der Waals surface area contributed by atoms with E-state index >= 15 is 0 Å². The van der Waals surface area contributed by atoms with Crippen molar-refractivity contribution in [3.8, 4) is 11.5 Å². The number of nitrogens with zero attached hydrogens (tertiary/aromatic N) is 1. The number of benzene rings is 2. The Labute approximate surface area is 236 Å². The molecule has 5 nitrogen and oxygen atoms in total. The Hall–Kier alpha value is -3.05. The number of methoxy groups -OCH3 is 1. The smallest absolute Gasteiger partial charge is 0.179 e. The molecular weight excluding hydrogens is 510 g/mol. The van der Waals surface area contributed by atoms with Gasteiger partial charge in [0.05, 0.1) is 18.7 Å². The summed E-state index contributed by atoms with van der Waals surface area (Å²) < 4.78 is 11.5. The Morgan fingerprint density at radius 2 is 1.46 bits per heavy atom. The zero-order valence-corrected chi connectivity index (χ0v) is 24.6. The van der Waals surface area contributed by atoms with E-state index in [-0.39, 0.29) is 22.4 Å². The van der Waals surface area contributed by atoms with Crippen LogP contribution in [0.1, 0.15) is 77.3 Å². The van der Waals surface area contributed by atoms with Crippen LogP contribution in [0.4, 0.5) is 0 Å². The molecule has 2 aromatic rings. The summed E-state index contributed by atoms with van der Waals surface area (Å²) in [5.41, 5.74) is 5.06. The van der Waals surface area contributed by atoms with Crippen LogP contribution in [0.15, 0.2) is 65.0 Å². The van der Waals surface area contributed by atoms with Crippen LogP contribution in [0.3, 0.4) is 0 Å². The van der Waals surface area contributed by atoms with Crippen molar-refractivity contribution in [3.63, 3.8) is 0 Å².